The van der Waals surface area contributed by atoms with Gasteiger partial charge >= 0.3 is 0 Å². The van der Waals surface area contributed by atoms with Crippen molar-refractivity contribution in [3.8, 4) is 0 Å². The third-order valence-corrected chi connectivity index (χ3v) is 3.00. The summed E-state index contributed by atoms with van der Waals surface area (Å²) in [5.74, 6) is 0. The van der Waals surface area contributed by atoms with Crippen LogP contribution in [0.25, 0.3) is 0 Å². The zero-order valence-corrected chi connectivity index (χ0v) is 11.9. The maximum Gasteiger partial charge on any atom is 0.118 e. The van der Waals surface area contributed by atoms with Crippen LogP contribution in [0.3, 0.4) is 0 Å². The Morgan fingerprint density at radius 1 is 1.22 bits per heavy atom. The predicted octanol–water partition coefficient (Wildman–Crippen LogP) is 3.42. The van der Waals surface area contributed by atoms with Crippen molar-refractivity contribution in [2.45, 2.75) is 20.3 Å². The first-order chi connectivity index (χ1) is 8.76. The first-order valence-corrected chi connectivity index (χ1v) is 6.77. The number of oxime groups is 1. The lowest BCUT2D eigenvalue weighted by Crippen LogP contribution is -2.24. The Bertz CT molecular complexity index is 347. The lowest BCUT2D eigenvalue weighted by molar-refractivity contribution is 0.132. The molecule has 1 rings (SSSR count). The smallest absolute Gasteiger partial charge is 0.118 e. The molecule has 0 aliphatic rings. The number of rotatable bonds is 8. The van der Waals surface area contributed by atoms with Gasteiger partial charge in [-0.15, -0.1) is 0 Å². The molecule has 0 radical (unpaired) electrons. The Morgan fingerprint density at radius 2 is 1.89 bits per heavy atom. The van der Waals surface area contributed by atoms with Crippen LogP contribution in [-0.2, 0) is 4.84 Å². The van der Waals surface area contributed by atoms with Gasteiger partial charge in [0.05, 0.1) is 6.21 Å². The molecule has 0 aliphatic heterocycles. The second-order valence-corrected chi connectivity index (χ2v) is 4.44. The molecule has 0 amide bonds. The third-order valence-electron chi connectivity index (χ3n) is 2.75. The predicted molar refractivity (Wildman–Crippen MR) is 77.4 cm³/mol. The van der Waals surface area contributed by atoms with E-state index in [1.54, 1.807) is 6.21 Å². The zero-order chi connectivity index (χ0) is 13.2. The van der Waals surface area contributed by atoms with E-state index in [2.05, 4.69) is 23.9 Å². The number of hydrogen-bond acceptors (Lipinski definition) is 3. The molecule has 0 heterocycles. The van der Waals surface area contributed by atoms with Gasteiger partial charge in [-0.3, -0.25) is 0 Å². The fraction of sp³-hybridized carbons (Fsp3) is 0.500. The van der Waals surface area contributed by atoms with Gasteiger partial charge in [0.2, 0.25) is 0 Å². The van der Waals surface area contributed by atoms with Crippen LogP contribution >= 0.6 is 11.6 Å². The summed E-state index contributed by atoms with van der Waals surface area (Å²) in [7, 11) is 0. The van der Waals surface area contributed by atoms with Gasteiger partial charge in [0, 0.05) is 11.6 Å². The average molecular weight is 269 g/mol. The first-order valence-electron chi connectivity index (χ1n) is 6.39. The molecule has 1 aromatic rings. The van der Waals surface area contributed by atoms with E-state index in [1.807, 2.05) is 24.3 Å². The Balaban J connectivity index is 2.16. The van der Waals surface area contributed by atoms with E-state index in [1.165, 1.54) is 0 Å². The molecule has 4 heteroatoms. The zero-order valence-electron chi connectivity index (χ0n) is 11.1. The van der Waals surface area contributed by atoms with Crippen molar-refractivity contribution in [3.63, 3.8) is 0 Å². The standard InChI is InChI=1S/C14H21ClN2O/c1-3-17(4-2)10-5-11-18-16-12-13-6-8-14(15)9-7-13/h6-9,12H,3-5,10-11H2,1-2H3/b16-12+. The number of nitrogens with zero attached hydrogens (tertiary/aromatic N) is 2. The lowest BCUT2D eigenvalue weighted by atomic mass is 10.2. The van der Waals surface area contributed by atoms with Crippen molar-refractivity contribution >= 4 is 17.8 Å². The van der Waals surface area contributed by atoms with Crippen molar-refractivity contribution in [1.82, 2.24) is 4.90 Å². The van der Waals surface area contributed by atoms with E-state index >= 15 is 0 Å². The first kappa shape index (κ1) is 15.0. The van der Waals surface area contributed by atoms with Crippen LogP contribution < -0.4 is 0 Å². The molecule has 100 valence electrons. The molecule has 1 aromatic carbocycles. The van der Waals surface area contributed by atoms with Gasteiger partial charge in [-0.1, -0.05) is 42.7 Å². The largest absolute Gasteiger partial charge is 0.396 e. The van der Waals surface area contributed by atoms with Gasteiger partial charge in [0.15, 0.2) is 0 Å². The molecule has 0 atom stereocenters. The highest BCUT2D eigenvalue weighted by Crippen LogP contribution is 2.07. The van der Waals surface area contributed by atoms with Crippen LogP contribution in [0.1, 0.15) is 25.8 Å². The molecular weight excluding hydrogens is 248 g/mol. The van der Waals surface area contributed by atoms with E-state index in [4.69, 9.17) is 16.4 Å². The lowest BCUT2D eigenvalue weighted by Gasteiger charge is -2.16. The third kappa shape index (κ3) is 6.03. The maximum atomic E-state index is 5.79. The molecule has 0 spiro atoms. The Hall–Kier alpha value is -1.06. The molecule has 3 nitrogen and oxygen atoms in total. The molecule has 0 fully saturated rings. The van der Waals surface area contributed by atoms with Crippen LogP contribution in [0.5, 0.6) is 0 Å². The van der Waals surface area contributed by atoms with Crippen LogP contribution in [0.15, 0.2) is 29.4 Å². The summed E-state index contributed by atoms with van der Waals surface area (Å²) in [6.45, 7) is 8.23. The summed E-state index contributed by atoms with van der Waals surface area (Å²) in [6.07, 6.45) is 2.70. The molecular formula is C14H21ClN2O. The number of hydrogen-bond donors (Lipinski definition) is 0. The molecule has 0 saturated heterocycles. The number of halogens is 1. The van der Waals surface area contributed by atoms with Crippen LogP contribution in [0.2, 0.25) is 5.02 Å². The molecule has 0 saturated carbocycles. The Morgan fingerprint density at radius 3 is 2.50 bits per heavy atom. The monoisotopic (exact) mass is 268 g/mol. The average Bonchev–Trinajstić information content (AvgIpc) is 2.40. The van der Waals surface area contributed by atoms with Crippen LogP contribution in [0, 0.1) is 0 Å². The highest BCUT2D eigenvalue weighted by atomic mass is 35.5. The van der Waals surface area contributed by atoms with Crippen molar-refractivity contribution in [2.75, 3.05) is 26.2 Å². The van der Waals surface area contributed by atoms with Crippen LogP contribution in [-0.4, -0.2) is 37.4 Å². The second-order valence-electron chi connectivity index (χ2n) is 4.00. The molecule has 0 bridgehead atoms. The van der Waals surface area contributed by atoms with Crippen molar-refractivity contribution in [3.05, 3.63) is 34.9 Å². The van der Waals surface area contributed by atoms with Crippen molar-refractivity contribution < 1.29 is 4.84 Å². The highest BCUT2D eigenvalue weighted by Gasteiger charge is 1.97. The van der Waals surface area contributed by atoms with Crippen molar-refractivity contribution in [1.29, 1.82) is 0 Å². The van der Waals surface area contributed by atoms with Gasteiger partial charge in [0.1, 0.15) is 6.61 Å². The molecule has 18 heavy (non-hydrogen) atoms. The van der Waals surface area contributed by atoms with Gasteiger partial charge in [0.25, 0.3) is 0 Å². The van der Waals surface area contributed by atoms with Crippen LogP contribution in [0.4, 0.5) is 0 Å². The van der Waals surface area contributed by atoms with Crippen molar-refractivity contribution in [2.24, 2.45) is 5.16 Å². The van der Waals surface area contributed by atoms with Gasteiger partial charge in [-0.05, 0) is 37.2 Å². The number of benzene rings is 1. The van der Waals surface area contributed by atoms with E-state index in [9.17, 15) is 0 Å². The summed E-state index contributed by atoms with van der Waals surface area (Å²) < 4.78 is 0. The Kier molecular flexibility index (Phi) is 7.46. The topological polar surface area (TPSA) is 24.8 Å². The van der Waals surface area contributed by atoms with Gasteiger partial charge in [-0.25, -0.2) is 0 Å². The fourth-order valence-corrected chi connectivity index (χ4v) is 1.72. The fourth-order valence-electron chi connectivity index (χ4n) is 1.59. The summed E-state index contributed by atoms with van der Waals surface area (Å²) in [6, 6.07) is 7.49. The minimum Gasteiger partial charge on any atom is -0.396 e. The van der Waals surface area contributed by atoms with E-state index < -0.39 is 0 Å². The van der Waals surface area contributed by atoms with E-state index in [-0.39, 0.29) is 0 Å². The molecule has 0 N–H and O–H groups in total. The minimum atomic E-state index is 0.653. The quantitative estimate of drug-likeness (QED) is 0.410. The highest BCUT2D eigenvalue weighted by molar-refractivity contribution is 6.30. The SMILES string of the molecule is CCN(CC)CCCO/N=C/c1ccc(Cl)cc1. The maximum absolute atomic E-state index is 5.79. The van der Waals surface area contributed by atoms with Gasteiger partial charge in [-0.2, -0.15) is 0 Å². The summed E-state index contributed by atoms with van der Waals surface area (Å²) in [5, 5.41) is 4.66. The summed E-state index contributed by atoms with van der Waals surface area (Å²) >= 11 is 5.79. The van der Waals surface area contributed by atoms with Gasteiger partial charge < -0.3 is 9.74 Å². The minimum absolute atomic E-state index is 0.653. The summed E-state index contributed by atoms with van der Waals surface area (Å²) in [4.78, 5) is 7.58. The normalized spacial score (nSPS) is 11.3. The molecule has 0 aromatic heterocycles. The van der Waals surface area contributed by atoms with E-state index in [0.29, 0.717) is 6.61 Å². The summed E-state index contributed by atoms with van der Waals surface area (Å²) in [5.41, 5.74) is 0.989. The Labute approximate surface area is 114 Å². The molecule has 0 unspecified atom stereocenters. The second kappa shape index (κ2) is 8.95. The van der Waals surface area contributed by atoms with E-state index in [0.717, 1.165) is 36.6 Å². The molecule has 0 aliphatic carbocycles.